The summed E-state index contributed by atoms with van der Waals surface area (Å²) >= 11 is 5.82. The van der Waals surface area contributed by atoms with Crippen molar-refractivity contribution in [1.29, 1.82) is 0 Å². The summed E-state index contributed by atoms with van der Waals surface area (Å²) in [5, 5.41) is 0.252. The summed E-state index contributed by atoms with van der Waals surface area (Å²) in [6.07, 6.45) is 1.24. The van der Waals surface area contributed by atoms with Gasteiger partial charge in [-0.15, -0.1) is 12.4 Å². The van der Waals surface area contributed by atoms with Gasteiger partial charge in [0.15, 0.2) is 0 Å². The summed E-state index contributed by atoms with van der Waals surface area (Å²) in [6.45, 7) is 2.24. The molecule has 1 aliphatic carbocycles. The first kappa shape index (κ1) is 12.2. The van der Waals surface area contributed by atoms with Crippen LogP contribution in [0.3, 0.4) is 0 Å². The highest BCUT2D eigenvalue weighted by molar-refractivity contribution is 6.30. The van der Waals surface area contributed by atoms with Crippen LogP contribution in [0.15, 0.2) is 18.2 Å². The molecule has 0 radical (unpaired) electrons. The van der Waals surface area contributed by atoms with Gasteiger partial charge in [-0.05, 0) is 37.1 Å². The predicted octanol–water partition coefficient (Wildman–Crippen LogP) is 3.10. The van der Waals surface area contributed by atoms with E-state index in [2.05, 4.69) is 11.9 Å². The Morgan fingerprint density at radius 3 is 2.81 bits per heavy atom. The molecule has 2 fully saturated rings. The zero-order valence-corrected chi connectivity index (χ0v) is 10.6. The van der Waals surface area contributed by atoms with Gasteiger partial charge in [0.25, 0.3) is 0 Å². The van der Waals surface area contributed by atoms with Crippen LogP contribution >= 0.6 is 24.0 Å². The van der Waals surface area contributed by atoms with Crippen LogP contribution < -0.4 is 0 Å². The molecular weight excluding hydrogens is 248 g/mol. The molecular formula is C12H14Cl2FN. The molecule has 3 rings (SSSR count). The number of hydrogen-bond acceptors (Lipinski definition) is 1. The molecule has 88 valence electrons. The Balaban J connectivity index is 0.000000963. The molecule has 0 bridgehead atoms. The lowest BCUT2D eigenvalue weighted by Crippen LogP contribution is -2.22. The third-order valence-corrected chi connectivity index (χ3v) is 4.10. The summed E-state index contributed by atoms with van der Waals surface area (Å²) in [5.74, 6) is 0.435. The zero-order chi connectivity index (χ0) is 10.6. The van der Waals surface area contributed by atoms with Gasteiger partial charge >= 0.3 is 0 Å². The maximum atomic E-state index is 13.1. The average molecular weight is 262 g/mol. The van der Waals surface area contributed by atoms with E-state index >= 15 is 0 Å². The van der Waals surface area contributed by atoms with E-state index in [4.69, 9.17) is 11.6 Å². The number of likely N-dealkylation sites (N-methyl/N-ethyl adjacent to an activating group) is 1. The quantitative estimate of drug-likeness (QED) is 0.751. The minimum atomic E-state index is -0.319. The van der Waals surface area contributed by atoms with Crippen molar-refractivity contribution in [3.63, 3.8) is 0 Å². The van der Waals surface area contributed by atoms with E-state index < -0.39 is 0 Å². The van der Waals surface area contributed by atoms with Crippen molar-refractivity contribution in [2.75, 3.05) is 20.1 Å². The molecule has 4 heteroatoms. The van der Waals surface area contributed by atoms with Gasteiger partial charge in [0, 0.05) is 18.5 Å². The molecule has 0 spiro atoms. The van der Waals surface area contributed by atoms with Crippen molar-refractivity contribution < 1.29 is 4.39 Å². The smallest absolute Gasteiger partial charge is 0.141 e. The third kappa shape index (κ3) is 1.64. The van der Waals surface area contributed by atoms with Gasteiger partial charge < -0.3 is 4.90 Å². The van der Waals surface area contributed by atoms with Crippen molar-refractivity contribution in [1.82, 2.24) is 4.90 Å². The zero-order valence-electron chi connectivity index (χ0n) is 9.04. The van der Waals surface area contributed by atoms with E-state index in [0.717, 1.165) is 19.0 Å². The van der Waals surface area contributed by atoms with Crippen molar-refractivity contribution in [3.05, 3.63) is 34.6 Å². The minimum Gasteiger partial charge on any atom is -0.305 e. The number of nitrogens with zero attached hydrogens (tertiary/aromatic N) is 1. The Morgan fingerprint density at radius 2 is 2.25 bits per heavy atom. The van der Waals surface area contributed by atoms with Crippen LogP contribution in [0.5, 0.6) is 0 Å². The molecule has 1 heterocycles. The fourth-order valence-electron chi connectivity index (χ4n) is 2.99. The molecule has 16 heavy (non-hydrogen) atoms. The van der Waals surface area contributed by atoms with Gasteiger partial charge in [-0.2, -0.15) is 0 Å². The van der Waals surface area contributed by atoms with Crippen molar-refractivity contribution in [3.8, 4) is 0 Å². The maximum absolute atomic E-state index is 13.1. The van der Waals surface area contributed by atoms with Gasteiger partial charge in [-0.3, -0.25) is 0 Å². The van der Waals surface area contributed by atoms with E-state index in [1.807, 2.05) is 6.07 Å². The maximum Gasteiger partial charge on any atom is 0.141 e. The topological polar surface area (TPSA) is 3.24 Å². The average Bonchev–Trinajstić information content (AvgIpc) is 2.75. The minimum absolute atomic E-state index is 0. The van der Waals surface area contributed by atoms with Crippen LogP contribution in [-0.4, -0.2) is 25.0 Å². The van der Waals surface area contributed by atoms with Gasteiger partial charge in [-0.25, -0.2) is 4.39 Å². The molecule has 1 aromatic rings. The lowest BCUT2D eigenvalue weighted by atomic mass is 9.95. The summed E-state index contributed by atoms with van der Waals surface area (Å²) in [6, 6.07) is 5.18. The van der Waals surface area contributed by atoms with Crippen LogP contribution in [0.1, 0.15) is 12.0 Å². The molecule has 1 unspecified atom stereocenters. The molecule has 2 aliphatic rings. The van der Waals surface area contributed by atoms with E-state index in [1.165, 1.54) is 18.1 Å². The Morgan fingerprint density at radius 1 is 1.50 bits per heavy atom. The van der Waals surface area contributed by atoms with Gasteiger partial charge in [0.05, 0.1) is 5.02 Å². The Kier molecular flexibility index (Phi) is 2.94. The van der Waals surface area contributed by atoms with Crippen LogP contribution in [0.25, 0.3) is 0 Å². The number of rotatable bonds is 1. The molecule has 1 saturated carbocycles. The van der Waals surface area contributed by atoms with Crippen molar-refractivity contribution in [2.45, 2.75) is 11.8 Å². The van der Waals surface area contributed by atoms with Gasteiger partial charge in [-0.1, -0.05) is 17.7 Å². The standard InChI is InChI=1S/C12H13ClFN.ClH/c1-15-6-9-5-12(9,7-15)8-2-3-11(14)10(13)4-8;/h2-4,9H,5-7H2,1H3;1H/t9-,12?;/m1./s1. The highest BCUT2D eigenvalue weighted by Gasteiger charge is 2.59. The number of piperidine rings is 1. The number of fused-ring (bicyclic) bond motifs is 1. The Hall–Kier alpha value is -0.310. The second-order valence-electron chi connectivity index (χ2n) is 4.88. The second-order valence-corrected chi connectivity index (χ2v) is 5.29. The lowest BCUT2D eigenvalue weighted by molar-refractivity contribution is 0.363. The number of likely N-dealkylation sites (tertiary alicyclic amines) is 1. The van der Waals surface area contributed by atoms with E-state index in [-0.39, 0.29) is 28.7 Å². The first-order valence-corrected chi connectivity index (χ1v) is 5.64. The fourth-order valence-corrected chi connectivity index (χ4v) is 3.17. The largest absolute Gasteiger partial charge is 0.305 e. The van der Waals surface area contributed by atoms with Gasteiger partial charge in [0.1, 0.15) is 5.82 Å². The fraction of sp³-hybridized carbons (Fsp3) is 0.500. The molecule has 0 aromatic heterocycles. The number of halogens is 3. The molecule has 1 saturated heterocycles. The third-order valence-electron chi connectivity index (χ3n) is 3.81. The highest BCUT2D eigenvalue weighted by Crippen LogP contribution is 2.58. The normalized spacial score (nSPS) is 32.1. The predicted molar refractivity (Wildman–Crippen MR) is 65.9 cm³/mol. The van der Waals surface area contributed by atoms with Crippen molar-refractivity contribution in [2.24, 2.45) is 5.92 Å². The van der Waals surface area contributed by atoms with E-state index in [0.29, 0.717) is 0 Å². The first-order chi connectivity index (χ1) is 7.12. The SMILES string of the molecule is CN1C[C@H]2CC2(c2ccc(F)c(Cl)c2)C1.Cl. The molecule has 0 N–H and O–H groups in total. The monoisotopic (exact) mass is 261 g/mol. The van der Waals surface area contributed by atoms with Crippen LogP contribution in [-0.2, 0) is 5.41 Å². The summed E-state index contributed by atoms with van der Waals surface area (Å²) < 4.78 is 13.1. The van der Waals surface area contributed by atoms with Crippen LogP contribution in [0, 0.1) is 11.7 Å². The Bertz CT molecular complexity index is 423. The molecule has 1 nitrogen and oxygen atoms in total. The molecule has 0 amide bonds. The summed E-state index contributed by atoms with van der Waals surface area (Å²) in [4.78, 5) is 2.34. The number of benzene rings is 1. The van der Waals surface area contributed by atoms with E-state index in [9.17, 15) is 4.39 Å². The number of hydrogen-bond donors (Lipinski definition) is 0. The first-order valence-electron chi connectivity index (χ1n) is 5.26. The van der Waals surface area contributed by atoms with Gasteiger partial charge in [0.2, 0.25) is 0 Å². The summed E-state index contributed by atoms with van der Waals surface area (Å²) in [7, 11) is 2.14. The molecule has 2 atom stereocenters. The van der Waals surface area contributed by atoms with Crippen molar-refractivity contribution >= 4 is 24.0 Å². The second kappa shape index (κ2) is 3.86. The van der Waals surface area contributed by atoms with Crippen LogP contribution in [0.4, 0.5) is 4.39 Å². The summed E-state index contributed by atoms with van der Waals surface area (Å²) in [5.41, 5.74) is 1.50. The molecule has 1 aliphatic heterocycles. The lowest BCUT2D eigenvalue weighted by Gasteiger charge is -2.16. The molecule has 1 aromatic carbocycles. The Labute approximate surface area is 106 Å². The highest BCUT2D eigenvalue weighted by atomic mass is 35.5. The van der Waals surface area contributed by atoms with Crippen LogP contribution in [0.2, 0.25) is 5.02 Å². The van der Waals surface area contributed by atoms with E-state index in [1.54, 1.807) is 6.07 Å².